The first kappa shape index (κ1) is 18.0. The van der Waals surface area contributed by atoms with Crippen LogP contribution in [0.25, 0.3) is 0 Å². The van der Waals surface area contributed by atoms with Gasteiger partial charge < -0.3 is 5.11 Å². The largest absolute Gasteiger partial charge is 0.506 e. The van der Waals surface area contributed by atoms with E-state index in [-0.39, 0.29) is 5.75 Å². The molecule has 27 heavy (non-hydrogen) atoms. The third-order valence-corrected chi connectivity index (χ3v) is 3.60. The predicted molar refractivity (Wildman–Crippen MR) is 106 cm³/mol. The fourth-order valence-corrected chi connectivity index (χ4v) is 2.15. The maximum Gasteiger partial charge on any atom is 0.148 e. The van der Waals surface area contributed by atoms with Crippen LogP contribution in [0.5, 0.6) is 5.75 Å². The first-order chi connectivity index (χ1) is 13.1. The number of anilines is 2. The van der Waals surface area contributed by atoms with Gasteiger partial charge in [0.05, 0.1) is 18.1 Å². The minimum absolute atomic E-state index is 0.0309. The molecule has 0 saturated carbocycles. The number of aromatic nitrogens is 3. The molecular formula is C19H19N7O. The minimum Gasteiger partial charge on any atom is -0.506 e. The Morgan fingerprint density at radius 2 is 1.41 bits per heavy atom. The molecule has 8 heteroatoms. The van der Waals surface area contributed by atoms with Crippen LogP contribution in [0.15, 0.2) is 71.1 Å². The fourth-order valence-electron chi connectivity index (χ4n) is 2.15. The summed E-state index contributed by atoms with van der Waals surface area (Å²) in [7, 11) is 3.56. The molecule has 0 unspecified atom stereocenters. The zero-order valence-corrected chi connectivity index (χ0v) is 15.0. The number of aromatic hydroxyl groups is 1. The van der Waals surface area contributed by atoms with Crippen molar-refractivity contribution in [2.24, 2.45) is 10.2 Å². The minimum atomic E-state index is 0.0309. The number of pyridine rings is 3. The number of hydrogen-bond donors (Lipinski definition) is 1. The lowest BCUT2D eigenvalue weighted by atomic mass is 10.3. The van der Waals surface area contributed by atoms with Gasteiger partial charge in [-0.1, -0.05) is 12.1 Å². The fraction of sp³-hybridized carbons (Fsp3) is 0.105. The molecule has 3 heterocycles. The molecular weight excluding hydrogens is 342 g/mol. The first-order valence-electron chi connectivity index (χ1n) is 8.21. The zero-order chi connectivity index (χ0) is 19.1. The molecule has 3 aromatic heterocycles. The molecule has 136 valence electrons. The lowest BCUT2D eigenvalue weighted by Crippen LogP contribution is -2.11. The van der Waals surface area contributed by atoms with Crippen LogP contribution in [0, 0.1) is 0 Å². The summed E-state index contributed by atoms with van der Waals surface area (Å²) < 4.78 is 0. The summed E-state index contributed by atoms with van der Waals surface area (Å²) in [6, 6.07) is 14.4. The second-order valence-corrected chi connectivity index (χ2v) is 5.55. The van der Waals surface area contributed by atoms with Crippen molar-refractivity contribution in [3.05, 3.63) is 72.3 Å². The normalized spacial score (nSPS) is 11.2. The van der Waals surface area contributed by atoms with Crippen LogP contribution >= 0.6 is 0 Å². The highest BCUT2D eigenvalue weighted by Crippen LogP contribution is 2.14. The molecule has 0 atom stereocenters. The van der Waals surface area contributed by atoms with Crippen molar-refractivity contribution in [1.82, 2.24) is 15.0 Å². The lowest BCUT2D eigenvalue weighted by Gasteiger charge is -2.11. The molecule has 0 aliphatic rings. The molecule has 0 fully saturated rings. The van der Waals surface area contributed by atoms with E-state index in [1.165, 1.54) is 6.21 Å². The van der Waals surface area contributed by atoms with Crippen LogP contribution in [-0.2, 0) is 0 Å². The van der Waals surface area contributed by atoms with Gasteiger partial charge in [-0.25, -0.2) is 15.0 Å². The van der Waals surface area contributed by atoms with Crippen LogP contribution in [0.2, 0.25) is 0 Å². The van der Waals surface area contributed by atoms with Crippen molar-refractivity contribution in [3.8, 4) is 5.75 Å². The highest BCUT2D eigenvalue weighted by atomic mass is 16.3. The Morgan fingerprint density at radius 3 is 1.96 bits per heavy atom. The van der Waals surface area contributed by atoms with Gasteiger partial charge in [-0.3, -0.25) is 10.0 Å². The standard InChI is InChI=1S/C19H19N7O/c1-25(18-7-3-5-11-20-18)22-13-15-9-10-17(27)16(24-15)14-23-26(2)19-8-4-6-12-21-19/h3-14,27H,1-2H3/b22-13+,23-14+. The highest BCUT2D eigenvalue weighted by Gasteiger charge is 2.04. The van der Waals surface area contributed by atoms with Crippen LogP contribution in [0.1, 0.15) is 11.4 Å². The summed E-state index contributed by atoms with van der Waals surface area (Å²) in [5.74, 6) is 1.43. The third-order valence-electron chi connectivity index (χ3n) is 3.60. The van der Waals surface area contributed by atoms with Crippen molar-refractivity contribution in [3.63, 3.8) is 0 Å². The summed E-state index contributed by atoms with van der Waals surface area (Å²) >= 11 is 0. The summed E-state index contributed by atoms with van der Waals surface area (Å²) in [5.41, 5.74) is 0.916. The average Bonchev–Trinajstić information content (AvgIpc) is 2.73. The van der Waals surface area contributed by atoms with E-state index in [9.17, 15) is 5.11 Å². The predicted octanol–water partition coefficient (Wildman–Crippen LogP) is 2.52. The van der Waals surface area contributed by atoms with Gasteiger partial charge in [0.25, 0.3) is 0 Å². The first-order valence-corrected chi connectivity index (χ1v) is 8.21. The maximum absolute atomic E-state index is 10.0. The van der Waals surface area contributed by atoms with Crippen molar-refractivity contribution in [2.75, 3.05) is 24.1 Å². The van der Waals surface area contributed by atoms with E-state index < -0.39 is 0 Å². The molecule has 3 rings (SSSR count). The smallest absolute Gasteiger partial charge is 0.148 e. The molecule has 0 amide bonds. The van der Waals surface area contributed by atoms with Gasteiger partial charge in [0.1, 0.15) is 23.1 Å². The van der Waals surface area contributed by atoms with E-state index in [0.29, 0.717) is 23.0 Å². The van der Waals surface area contributed by atoms with E-state index in [1.807, 2.05) is 36.4 Å². The Kier molecular flexibility index (Phi) is 5.68. The molecule has 0 bridgehead atoms. The van der Waals surface area contributed by atoms with E-state index in [1.54, 1.807) is 54.9 Å². The Labute approximate surface area is 157 Å². The second kappa shape index (κ2) is 8.52. The molecule has 3 aromatic rings. The topological polar surface area (TPSA) is 90.1 Å². The number of rotatable bonds is 6. The van der Waals surface area contributed by atoms with E-state index in [4.69, 9.17) is 0 Å². The van der Waals surface area contributed by atoms with Crippen LogP contribution in [-0.4, -0.2) is 46.6 Å². The van der Waals surface area contributed by atoms with E-state index >= 15 is 0 Å². The SMILES string of the molecule is CN(/N=C/c1ccc(O)c(/C=N/N(C)c2ccccn2)n1)c1ccccn1. The van der Waals surface area contributed by atoms with Crippen LogP contribution in [0.3, 0.4) is 0 Å². The van der Waals surface area contributed by atoms with Gasteiger partial charge in [0.2, 0.25) is 0 Å². The number of nitrogens with zero attached hydrogens (tertiary/aromatic N) is 7. The Hall–Kier alpha value is -3.81. The third kappa shape index (κ3) is 4.85. The van der Waals surface area contributed by atoms with Crippen LogP contribution in [0.4, 0.5) is 11.6 Å². The molecule has 0 saturated heterocycles. The Morgan fingerprint density at radius 1 is 0.815 bits per heavy atom. The summed E-state index contributed by atoms with van der Waals surface area (Å²) in [6.45, 7) is 0. The molecule has 0 aromatic carbocycles. The molecule has 0 aliphatic carbocycles. The Balaban J connectivity index is 1.74. The average molecular weight is 361 g/mol. The van der Waals surface area contributed by atoms with Gasteiger partial charge in [-0.05, 0) is 36.4 Å². The van der Waals surface area contributed by atoms with E-state index in [2.05, 4.69) is 25.2 Å². The Bertz CT molecular complexity index is 929. The quantitative estimate of drug-likeness (QED) is 0.536. The van der Waals surface area contributed by atoms with Gasteiger partial charge in [-0.15, -0.1) is 0 Å². The van der Waals surface area contributed by atoms with Crippen molar-refractivity contribution >= 4 is 24.1 Å². The highest BCUT2D eigenvalue weighted by molar-refractivity contribution is 5.85. The summed E-state index contributed by atoms with van der Waals surface area (Å²) in [5, 5.41) is 21.8. The van der Waals surface area contributed by atoms with E-state index in [0.717, 1.165) is 0 Å². The van der Waals surface area contributed by atoms with Crippen molar-refractivity contribution in [2.45, 2.75) is 0 Å². The molecule has 0 spiro atoms. The summed E-state index contributed by atoms with van der Waals surface area (Å²) in [4.78, 5) is 12.8. The van der Waals surface area contributed by atoms with Gasteiger partial charge >= 0.3 is 0 Å². The van der Waals surface area contributed by atoms with Gasteiger partial charge in [-0.2, -0.15) is 10.2 Å². The number of hydrazone groups is 2. The lowest BCUT2D eigenvalue weighted by molar-refractivity contribution is 0.471. The maximum atomic E-state index is 10.0. The monoisotopic (exact) mass is 361 g/mol. The zero-order valence-electron chi connectivity index (χ0n) is 15.0. The molecule has 1 N–H and O–H groups in total. The van der Waals surface area contributed by atoms with Crippen molar-refractivity contribution < 1.29 is 5.11 Å². The van der Waals surface area contributed by atoms with Gasteiger partial charge in [0, 0.05) is 26.5 Å². The summed E-state index contributed by atoms with van der Waals surface area (Å²) in [6.07, 6.45) is 6.46. The van der Waals surface area contributed by atoms with Gasteiger partial charge in [0.15, 0.2) is 0 Å². The van der Waals surface area contributed by atoms with Crippen LogP contribution < -0.4 is 10.0 Å². The number of hydrogen-bond acceptors (Lipinski definition) is 8. The molecule has 8 nitrogen and oxygen atoms in total. The molecule has 0 aliphatic heterocycles. The second-order valence-electron chi connectivity index (χ2n) is 5.55. The molecule has 0 radical (unpaired) electrons. The van der Waals surface area contributed by atoms with Crippen molar-refractivity contribution in [1.29, 1.82) is 0 Å².